The van der Waals surface area contributed by atoms with Gasteiger partial charge >= 0.3 is 0 Å². The molecule has 0 unspecified atom stereocenters. The SMILES string of the molecule is CC(C)(C)N(Cc1ccccc1)[N+]([O-])=NO. The smallest absolute Gasteiger partial charge is 0.230 e. The lowest BCUT2D eigenvalue weighted by molar-refractivity contribution is -0.727. The summed E-state index contributed by atoms with van der Waals surface area (Å²) in [7, 11) is 0. The quantitative estimate of drug-likeness (QED) is 0.486. The van der Waals surface area contributed by atoms with Crippen LogP contribution in [0.3, 0.4) is 0 Å². The minimum absolute atomic E-state index is 0.215. The van der Waals surface area contributed by atoms with E-state index in [0.29, 0.717) is 6.54 Å². The molecule has 0 radical (unpaired) electrons. The van der Waals surface area contributed by atoms with E-state index < -0.39 is 5.54 Å². The Hall–Kier alpha value is -1.78. The van der Waals surface area contributed by atoms with Crippen molar-refractivity contribution in [2.45, 2.75) is 32.9 Å². The van der Waals surface area contributed by atoms with Gasteiger partial charge in [-0.05, 0) is 26.3 Å². The van der Waals surface area contributed by atoms with E-state index in [1.807, 2.05) is 51.1 Å². The van der Waals surface area contributed by atoms with E-state index in [1.165, 1.54) is 5.01 Å². The average Bonchev–Trinajstić information content (AvgIpc) is 2.25. The van der Waals surface area contributed by atoms with Gasteiger partial charge in [0, 0.05) is 0 Å². The topological polar surface area (TPSA) is 61.9 Å². The summed E-state index contributed by atoms with van der Waals surface area (Å²) in [5, 5.41) is 24.0. The first-order chi connectivity index (χ1) is 7.45. The third-order valence-corrected chi connectivity index (χ3v) is 2.23. The summed E-state index contributed by atoms with van der Waals surface area (Å²) in [6, 6.07) is 9.56. The zero-order valence-corrected chi connectivity index (χ0v) is 9.79. The third-order valence-electron chi connectivity index (χ3n) is 2.23. The van der Waals surface area contributed by atoms with Gasteiger partial charge in [0.25, 0.3) is 0 Å². The van der Waals surface area contributed by atoms with Gasteiger partial charge in [-0.2, -0.15) is 0 Å². The molecular weight excluding hydrogens is 206 g/mol. The fraction of sp³-hybridized carbons (Fsp3) is 0.455. The highest BCUT2D eigenvalue weighted by Gasteiger charge is 2.28. The van der Waals surface area contributed by atoms with Crippen LogP contribution in [0.1, 0.15) is 26.3 Å². The molecule has 0 aromatic heterocycles. The maximum absolute atomic E-state index is 11.4. The van der Waals surface area contributed by atoms with Crippen LogP contribution in [0, 0.1) is 5.21 Å². The third kappa shape index (κ3) is 3.12. The fourth-order valence-electron chi connectivity index (χ4n) is 1.36. The molecule has 0 saturated carbocycles. The van der Waals surface area contributed by atoms with E-state index in [4.69, 9.17) is 5.21 Å². The molecule has 0 atom stereocenters. The van der Waals surface area contributed by atoms with E-state index in [-0.39, 0.29) is 4.97 Å². The Balaban J connectivity index is 2.89. The van der Waals surface area contributed by atoms with Crippen molar-refractivity contribution in [2.24, 2.45) is 5.28 Å². The normalized spacial score (nSPS) is 12.6. The van der Waals surface area contributed by atoms with Gasteiger partial charge in [0.05, 0.1) is 10.5 Å². The molecule has 16 heavy (non-hydrogen) atoms. The molecule has 5 heteroatoms. The number of benzene rings is 1. The Morgan fingerprint density at radius 1 is 1.31 bits per heavy atom. The minimum atomic E-state index is -0.413. The molecule has 0 saturated heterocycles. The highest BCUT2D eigenvalue weighted by Crippen LogP contribution is 2.17. The Labute approximate surface area is 95.1 Å². The Kier molecular flexibility index (Phi) is 3.71. The predicted molar refractivity (Wildman–Crippen MR) is 59.6 cm³/mol. The van der Waals surface area contributed by atoms with Crippen molar-refractivity contribution in [2.75, 3.05) is 0 Å². The maximum Gasteiger partial charge on any atom is 0.230 e. The Morgan fingerprint density at radius 3 is 2.31 bits per heavy atom. The standard InChI is InChI=1S/C11H17N3O2/c1-11(2,3)13(14(16)12-15)9-10-7-5-4-6-8-10/h4-8,15H,9H2,1-3H3. The molecule has 0 spiro atoms. The van der Waals surface area contributed by atoms with Crippen LogP contribution in [0.2, 0.25) is 0 Å². The lowest BCUT2D eigenvalue weighted by atomic mass is 10.1. The largest absolute Gasteiger partial charge is 0.569 e. The second-order valence-corrected chi connectivity index (χ2v) is 4.56. The molecule has 1 aromatic carbocycles. The summed E-state index contributed by atoms with van der Waals surface area (Å²) in [6.45, 7) is 6.04. The van der Waals surface area contributed by atoms with Gasteiger partial charge in [0.1, 0.15) is 6.54 Å². The van der Waals surface area contributed by atoms with Gasteiger partial charge in [-0.25, -0.2) is 0 Å². The predicted octanol–water partition coefficient (Wildman–Crippen LogP) is 2.55. The number of hydrogen-bond donors (Lipinski definition) is 1. The van der Waals surface area contributed by atoms with E-state index in [0.717, 1.165) is 5.56 Å². The van der Waals surface area contributed by atoms with Crippen molar-refractivity contribution in [1.29, 1.82) is 0 Å². The summed E-state index contributed by atoms with van der Waals surface area (Å²) in [6.07, 6.45) is 0. The number of hydrogen-bond acceptors (Lipinski definition) is 2. The number of hydrazine groups is 1. The highest BCUT2D eigenvalue weighted by molar-refractivity contribution is 5.14. The Bertz CT molecular complexity index is 357. The van der Waals surface area contributed by atoms with Gasteiger partial charge in [-0.15, -0.1) is 5.01 Å². The maximum atomic E-state index is 11.4. The molecule has 0 fully saturated rings. The molecule has 5 nitrogen and oxygen atoms in total. The molecular formula is C11H17N3O2. The lowest BCUT2D eigenvalue weighted by Crippen LogP contribution is -2.45. The van der Waals surface area contributed by atoms with Crippen LogP contribution >= 0.6 is 0 Å². The van der Waals surface area contributed by atoms with Crippen molar-refractivity contribution in [3.05, 3.63) is 41.1 Å². The molecule has 1 N–H and O–H groups in total. The van der Waals surface area contributed by atoms with Crippen molar-refractivity contribution >= 4 is 0 Å². The number of nitrogens with zero attached hydrogens (tertiary/aromatic N) is 3. The van der Waals surface area contributed by atoms with Crippen LogP contribution in [-0.2, 0) is 6.54 Å². The first kappa shape index (κ1) is 12.3. The summed E-state index contributed by atoms with van der Waals surface area (Å²) >= 11 is 0. The molecule has 0 amide bonds. The Morgan fingerprint density at radius 2 is 1.88 bits per heavy atom. The van der Waals surface area contributed by atoms with Crippen LogP contribution in [0.25, 0.3) is 0 Å². The average molecular weight is 223 g/mol. The minimum Gasteiger partial charge on any atom is -0.569 e. The second kappa shape index (κ2) is 4.83. The van der Waals surface area contributed by atoms with E-state index in [1.54, 1.807) is 0 Å². The molecule has 1 rings (SSSR count). The summed E-state index contributed by atoms with van der Waals surface area (Å²) < 4.78 is 0. The monoisotopic (exact) mass is 223 g/mol. The van der Waals surface area contributed by atoms with Crippen molar-refractivity contribution in [3.8, 4) is 0 Å². The van der Waals surface area contributed by atoms with Crippen LogP contribution in [0.15, 0.2) is 35.6 Å². The second-order valence-electron chi connectivity index (χ2n) is 4.56. The lowest BCUT2D eigenvalue weighted by Gasteiger charge is -2.30. The fourth-order valence-corrected chi connectivity index (χ4v) is 1.36. The van der Waals surface area contributed by atoms with Gasteiger partial charge in [-0.1, -0.05) is 30.3 Å². The zero-order valence-electron chi connectivity index (χ0n) is 9.79. The summed E-state index contributed by atoms with van der Waals surface area (Å²) in [5.41, 5.74) is 0.575. The van der Waals surface area contributed by atoms with Crippen molar-refractivity contribution in [1.82, 2.24) is 5.01 Å². The molecule has 0 aliphatic rings. The first-order valence-corrected chi connectivity index (χ1v) is 5.09. The molecule has 0 bridgehead atoms. The van der Waals surface area contributed by atoms with E-state index in [9.17, 15) is 5.21 Å². The molecule has 0 aliphatic carbocycles. The highest BCUT2D eigenvalue weighted by atomic mass is 16.6. The first-order valence-electron chi connectivity index (χ1n) is 5.09. The van der Waals surface area contributed by atoms with E-state index >= 15 is 0 Å². The van der Waals surface area contributed by atoms with Crippen LogP contribution in [-0.4, -0.2) is 20.7 Å². The van der Waals surface area contributed by atoms with Crippen LogP contribution in [0.5, 0.6) is 0 Å². The molecule has 0 aliphatic heterocycles. The number of rotatable bonds is 3. The van der Waals surface area contributed by atoms with Crippen LogP contribution < -0.4 is 0 Å². The molecule has 1 aromatic rings. The van der Waals surface area contributed by atoms with Crippen molar-refractivity contribution < 1.29 is 10.2 Å². The van der Waals surface area contributed by atoms with Crippen molar-refractivity contribution in [3.63, 3.8) is 0 Å². The molecule has 88 valence electrons. The van der Waals surface area contributed by atoms with E-state index in [2.05, 4.69) is 5.28 Å². The zero-order chi connectivity index (χ0) is 12.2. The molecule has 0 heterocycles. The van der Waals surface area contributed by atoms with Gasteiger partial charge in [-0.3, -0.25) is 0 Å². The summed E-state index contributed by atoms with van der Waals surface area (Å²) in [4.78, 5) is 0.215. The van der Waals surface area contributed by atoms with Crippen LogP contribution in [0.4, 0.5) is 0 Å². The van der Waals surface area contributed by atoms with Gasteiger partial charge in [0.15, 0.2) is 0 Å². The van der Waals surface area contributed by atoms with Gasteiger partial charge in [0.2, 0.25) is 5.28 Å². The summed E-state index contributed by atoms with van der Waals surface area (Å²) in [5.74, 6) is 0. The van der Waals surface area contributed by atoms with Gasteiger partial charge < -0.3 is 10.4 Å².